The Morgan fingerprint density at radius 1 is 1.17 bits per heavy atom. The topological polar surface area (TPSA) is 64.8 Å². The Morgan fingerprint density at radius 3 is 2.43 bits per heavy atom. The van der Waals surface area contributed by atoms with Gasteiger partial charge >= 0.3 is 0 Å². The van der Waals surface area contributed by atoms with E-state index >= 15 is 0 Å². The summed E-state index contributed by atoms with van der Waals surface area (Å²) in [4.78, 5) is 14.7. The molecule has 2 N–H and O–H groups in total. The van der Waals surface area contributed by atoms with Crippen LogP contribution >= 0.6 is 12.4 Å². The van der Waals surface area contributed by atoms with Crippen LogP contribution in [-0.4, -0.2) is 43.7 Å². The van der Waals surface area contributed by atoms with Crippen LogP contribution in [0, 0.1) is 6.92 Å². The van der Waals surface area contributed by atoms with Crippen LogP contribution in [0.4, 0.5) is 0 Å². The van der Waals surface area contributed by atoms with E-state index in [0.717, 1.165) is 24.2 Å². The number of unbranched alkanes of at least 4 members (excludes halogenated alkanes) is 1. The van der Waals surface area contributed by atoms with Gasteiger partial charge in [-0.15, -0.1) is 12.4 Å². The van der Waals surface area contributed by atoms with Crippen molar-refractivity contribution >= 4 is 18.3 Å². The van der Waals surface area contributed by atoms with Crippen LogP contribution in [0.15, 0.2) is 48.5 Å². The lowest BCUT2D eigenvalue weighted by Gasteiger charge is -2.51. The van der Waals surface area contributed by atoms with Crippen LogP contribution < -0.4 is 10.5 Å². The van der Waals surface area contributed by atoms with Gasteiger partial charge in [-0.05, 0) is 48.6 Å². The van der Waals surface area contributed by atoms with Gasteiger partial charge in [-0.1, -0.05) is 49.7 Å². The van der Waals surface area contributed by atoms with Gasteiger partial charge in [0.1, 0.15) is 11.4 Å². The molecule has 1 fully saturated rings. The zero-order valence-electron chi connectivity index (χ0n) is 18.1. The molecule has 0 spiro atoms. The summed E-state index contributed by atoms with van der Waals surface area (Å²) < 4.78 is 11.5. The Balaban J connectivity index is 0.00000320. The van der Waals surface area contributed by atoms with Gasteiger partial charge in [0, 0.05) is 6.61 Å². The number of hydrogen-bond acceptors (Lipinski definition) is 4. The molecule has 3 rings (SSSR count). The molecule has 5 nitrogen and oxygen atoms in total. The van der Waals surface area contributed by atoms with Crippen molar-refractivity contribution in [3.05, 3.63) is 65.2 Å². The predicted molar refractivity (Wildman–Crippen MR) is 122 cm³/mol. The molecule has 2 aromatic carbocycles. The normalized spacial score (nSPS) is 15.7. The lowest BCUT2D eigenvalue weighted by Crippen LogP contribution is -2.65. The molecule has 0 radical (unpaired) electrons. The zero-order chi connectivity index (χ0) is 20.9. The molecule has 1 aliphatic rings. The van der Waals surface area contributed by atoms with Crippen LogP contribution in [-0.2, 0) is 21.6 Å². The van der Waals surface area contributed by atoms with Gasteiger partial charge in [0.05, 0.1) is 26.2 Å². The smallest absolute Gasteiger partial charge is 0.240 e. The maximum atomic E-state index is 12.9. The number of likely N-dealkylation sites (tertiary alicyclic amines) is 1. The molecule has 1 aliphatic heterocycles. The Bertz CT molecular complexity index is 819. The van der Waals surface area contributed by atoms with Crippen LogP contribution in [0.1, 0.15) is 36.5 Å². The molecular weight excluding hydrogens is 400 g/mol. The highest BCUT2D eigenvalue weighted by atomic mass is 35.5. The summed E-state index contributed by atoms with van der Waals surface area (Å²) in [6.45, 7) is 6.05. The number of methoxy groups -OCH3 is 1. The van der Waals surface area contributed by atoms with E-state index in [1.54, 1.807) is 7.11 Å². The van der Waals surface area contributed by atoms with Gasteiger partial charge in [0.15, 0.2) is 0 Å². The molecule has 1 atom stereocenters. The molecule has 1 saturated heterocycles. The minimum absolute atomic E-state index is 0. The Morgan fingerprint density at radius 2 is 1.83 bits per heavy atom. The first-order chi connectivity index (χ1) is 14.0. The molecule has 0 bridgehead atoms. The van der Waals surface area contributed by atoms with E-state index in [0.29, 0.717) is 26.1 Å². The van der Waals surface area contributed by atoms with Crippen LogP contribution in [0.25, 0.3) is 0 Å². The Hall–Kier alpha value is -2.08. The molecule has 164 valence electrons. The highest BCUT2D eigenvalue weighted by Gasteiger charge is 2.49. The van der Waals surface area contributed by atoms with Gasteiger partial charge in [-0.2, -0.15) is 0 Å². The van der Waals surface area contributed by atoms with Crippen LogP contribution in [0.2, 0.25) is 0 Å². The third-order valence-corrected chi connectivity index (χ3v) is 5.65. The number of amides is 1. The average molecular weight is 433 g/mol. The summed E-state index contributed by atoms with van der Waals surface area (Å²) in [5, 5.41) is 0. The zero-order valence-corrected chi connectivity index (χ0v) is 18.9. The fraction of sp³-hybridized carbons (Fsp3) is 0.458. The molecular formula is C24H33ClN2O3. The second kappa shape index (κ2) is 10.8. The SMILES string of the molecule is CCCCOC1(c2ccccc2C)CN(C(=O)C(N)Cc2ccc(OC)cc2)C1.Cl. The van der Waals surface area contributed by atoms with E-state index in [1.165, 1.54) is 11.1 Å². The molecule has 0 aromatic heterocycles. The highest BCUT2D eigenvalue weighted by Crippen LogP contribution is 2.38. The van der Waals surface area contributed by atoms with Crippen molar-refractivity contribution in [3.8, 4) is 5.75 Å². The van der Waals surface area contributed by atoms with Crippen molar-refractivity contribution in [3.63, 3.8) is 0 Å². The second-order valence-electron chi connectivity index (χ2n) is 7.86. The standard InChI is InChI=1S/C24H32N2O3.ClH/c1-4-5-14-29-24(21-9-7-6-8-18(21)2)16-26(17-24)23(27)22(25)15-19-10-12-20(28-3)13-11-19;/h6-13,22H,4-5,14-17,25H2,1-3H3;1H. The third-order valence-electron chi connectivity index (χ3n) is 5.65. The van der Waals surface area contributed by atoms with Crippen molar-refractivity contribution in [2.45, 2.75) is 44.8 Å². The van der Waals surface area contributed by atoms with Crippen molar-refractivity contribution in [1.82, 2.24) is 4.90 Å². The van der Waals surface area contributed by atoms with Crippen molar-refractivity contribution in [2.24, 2.45) is 5.73 Å². The largest absolute Gasteiger partial charge is 0.497 e. The van der Waals surface area contributed by atoms with Crippen LogP contribution in [0.5, 0.6) is 5.75 Å². The number of hydrogen-bond donors (Lipinski definition) is 1. The number of nitrogens with zero attached hydrogens (tertiary/aromatic N) is 1. The fourth-order valence-electron chi connectivity index (χ4n) is 3.90. The second-order valence-corrected chi connectivity index (χ2v) is 7.86. The van der Waals surface area contributed by atoms with E-state index in [1.807, 2.05) is 41.3 Å². The summed E-state index contributed by atoms with van der Waals surface area (Å²) in [7, 11) is 1.64. The lowest BCUT2D eigenvalue weighted by molar-refractivity contribution is -0.174. The maximum Gasteiger partial charge on any atom is 0.240 e. The van der Waals surface area contributed by atoms with Gasteiger partial charge in [-0.25, -0.2) is 0 Å². The summed E-state index contributed by atoms with van der Waals surface area (Å²) >= 11 is 0. The van der Waals surface area contributed by atoms with E-state index in [-0.39, 0.29) is 18.3 Å². The summed E-state index contributed by atoms with van der Waals surface area (Å²) in [6, 6.07) is 15.4. The molecule has 1 heterocycles. The van der Waals surface area contributed by atoms with Crippen LogP contribution in [0.3, 0.4) is 0 Å². The van der Waals surface area contributed by atoms with Gasteiger partial charge in [0.2, 0.25) is 5.91 Å². The van der Waals surface area contributed by atoms with Crippen molar-refractivity contribution in [1.29, 1.82) is 0 Å². The molecule has 1 amide bonds. The molecule has 30 heavy (non-hydrogen) atoms. The molecule has 1 unspecified atom stereocenters. The number of halogens is 1. The number of carbonyl (C=O) groups is 1. The molecule has 0 saturated carbocycles. The molecule has 2 aromatic rings. The van der Waals surface area contributed by atoms with Gasteiger partial charge < -0.3 is 20.1 Å². The summed E-state index contributed by atoms with van der Waals surface area (Å²) in [6.07, 6.45) is 2.60. The monoisotopic (exact) mass is 432 g/mol. The number of carbonyl (C=O) groups excluding carboxylic acids is 1. The van der Waals surface area contributed by atoms with E-state index in [4.69, 9.17) is 15.2 Å². The van der Waals surface area contributed by atoms with E-state index in [9.17, 15) is 4.79 Å². The third kappa shape index (κ3) is 5.34. The number of rotatable bonds is 9. The Kier molecular flexibility index (Phi) is 8.71. The first-order valence-corrected chi connectivity index (χ1v) is 10.4. The summed E-state index contributed by atoms with van der Waals surface area (Å²) in [5.74, 6) is 0.771. The fourth-order valence-corrected chi connectivity index (χ4v) is 3.90. The molecule has 0 aliphatic carbocycles. The minimum atomic E-state index is -0.561. The predicted octanol–water partition coefficient (Wildman–Crippen LogP) is 3.85. The number of nitrogens with two attached hydrogens (primary N) is 1. The highest BCUT2D eigenvalue weighted by molar-refractivity contribution is 5.85. The number of ether oxygens (including phenoxy) is 2. The first-order valence-electron chi connectivity index (χ1n) is 10.4. The lowest BCUT2D eigenvalue weighted by atomic mass is 9.82. The Labute approximate surface area is 186 Å². The quantitative estimate of drug-likeness (QED) is 0.611. The molecule has 6 heteroatoms. The van der Waals surface area contributed by atoms with Gasteiger partial charge in [-0.3, -0.25) is 4.79 Å². The average Bonchev–Trinajstić information content (AvgIpc) is 2.70. The van der Waals surface area contributed by atoms with Gasteiger partial charge in [0.25, 0.3) is 0 Å². The first kappa shape index (κ1) is 24.2. The number of aryl methyl sites for hydroxylation is 1. The van der Waals surface area contributed by atoms with Crippen molar-refractivity contribution < 1.29 is 14.3 Å². The minimum Gasteiger partial charge on any atom is -0.497 e. The van der Waals surface area contributed by atoms with E-state index in [2.05, 4.69) is 26.0 Å². The van der Waals surface area contributed by atoms with Crippen molar-refractivity contribution in [2.75, 3.05) is 26.8 Å². The van der Waals surface area contributed by atoms with E-state index < -0.39 is 11.6 Å². The summed E-state index contributed by atoms with van der Waals surface area (Å²) in [5.41, 5.74) is 9.21. The maximum absolute atomic E-state index is 12.9. The number of benzene rings is 2.